The Kier molecular flexibility index (Phi) is 6.22. The molecule has 0 saturated heterocycles. The van der Waals surface area contributed by atoms with Crippen LogP contribution in [0.25, 0.3) is 0 Å². The number of hydrogen-bond donors (Lipinski definition) is 1. The molecule has 3 nitrogen and oxygen atoms in total. The highest BCUT2D eigenvalue weighted by Gasteiger charge is 2.49. The lowest BCUT2D eigenvalue weighted by Crippen LogP contribution is -2.45. The molecule has 0 aromatic carbocycles. The van der Waals surface area contributed by atoms with Gasteiger partial charge in [0.2, 0.25) is 6.10 Å². The summed E-state index contributed by atoms with van der Waals surface area (Å²) < 4.78 is 52.5. The fraction of sp³-hybridized carbons (Fsp3) is 0.933. The van der Waals surface area contributed by atoms with Crippen molar-refractivity contribution in [3.63, 3.8) is 0 Å². The lowest BCUT2D eigenvalue weighted by molar-refractivity contribution is -0.222. The Bertz CT molecular complexity index is 413. The van der Waals surface area contributed by atoms with Crippen molar-refractivity contribution in [2.45, 2.75) is 58.2 Å². The molecule has 23 heavy (non-hydrogen) atoms. The molecule has 3 unspecified atom stereocenters. The van der Waals surface area contributed by atoms with Gasteiger partial charge >= 0.3 is 12.1 Å². The van der Waals surface area contributed by atoms with Crippen molar-refractivity contribution in [3.8, 4) is 0 Å². The standard InChI is InChI=1S/C15H23F3O3S2/c1-9-3-10-5-11(4-9)7-14(2,6-10)13(19)21-12(8-22-23-20)15(16,17)18/h9-12,20H,3-8H2,1-2H3. The van der Waals surface area contributed by atoms with Gasteiger partial charge in [-0.05, 0) is 56.8 Å². The third kappa shape index (κ3) is 4.95. The second-order valence-corrected chi connectivity index (χ2v) is 9.18. The van der Waals surface area contributed by atoms with Crippen molar-refractivity contribution in [1.29, 1.82) is 0 Å². The van der Waals surface area contributed by atoms with E-state index >= 15 is 0 Å². The molecule has 3 atom stereocenters. The van der Waals surface area contributed by atoms with Crippen LogP contribution in [0.4, 0.5) is 13.2 Å². The molecule has 0 heterocycles. The van der Waals surface area contributed by atoms with Gasteiger partial charge in [0, 0.05) is 0 Å². The summed E-state index contributed by atoms with van der Waals surface area (Å²) in [5.74, 6) is 0.187. The topological polar surface area (TPSA) is 46.5 Å². The quantitative estimate of drug-likeness (QED) is 0.410. The summed E-state index contributed by atoms with van der Waals surface area (Å²) in [6.45, 7) is 3.94. The minimum atomic E-state index is -4.62. The van der Waals surface area contributed by atoms with Crippen molar-refractivity contribution in [3.05, 3.63) is 0 Å². The highest BCUT2D eigenvalue weighted by atomic mass is 33.1. The van der Waals surface area contributed by atoms with Crippen molar-refractivity contribution in [2.75, 3.05) is 5.75 Å². The number of carbonyl (C=O) groups is 1. The minimum Gasteiger partial charge on any atom is -0.451 e. The minimum absolute atomic E-state index is 0.247. The molecule has 0 aliphatic heterocycles. The maximum Gasteiger partial charge on any atom is 0.426 e. The van der Waals surface area contributed by atoms with Crippen LogP contribution >= 0.6 is 21.9 Å². The van der Waals surface area contributed by atoms with Crippen LogP contribution < -0.4 is 0 Å². The van der Waals surface area contributed by atoms with E-state index in [-0.39, 0.29) is 11.1 Å². The van der Waals surface area contributed by atoms with Crippen LogP contribution in [0.5, 0.6) is 0 Å². The summed E-state index contributed by atoms with van der Waals surface area (Å²) >= 11 is 0.247. The molecule has 8 heteroatoms. The van der Waals surface area contributed by atoms with Gasteiger partial charge in [0.25, 0.3) is 0 Å². The Morgan fingerprint density at radius 2 is 1.87 bits per heavy atom. The average molecular weight is 372 g/mol. The summed E-state index contributed by atoms with van der Waals surface area (Å²) in [7, 11) is 0.623. The third-order valence-electron chi connectivity index (χ3n) is 5.00. The van der Waals surface area contributed by atoms with Crippen LogP contribution in [0.3, 0.4) is 0 Å². The van der Waals surface area contributed by atoms with E-state index in [1.807, 2.05) is 0 Å². The molecule has 2 rings (SSSR count). The molecule has 0 amide bonds. The first kappa shape index (κ1) is 19.2. The van der Waals surface area contributed by atoms with Crippen LogP contribution in [-0.4, -0.2) is 28.6 Å². The maximum absolute atomic E-state index is 13.0. The van der Waals surface area contributed by atoms with Gasteiger partial charge in [-0.25, -0.2) is 0 Å². The highest BCUT2D eigenvalue weighted by molar-refractivity contribution is 8.74. The van der Waals surface area contributed by atoms with Crippen molar-refractivity contribution < 1.29 is 27.3 Å². The molecule has 2 fully saturated rings. The van der Waals surface area contributed by atoms with Crippen LogP contribution in [0.1, 0.15) is 46.0 Å². The number of esters is 1. The smallest absolute Gasteiger partial charge is 0.426 e. The molecular formula is C15H23F3O3S2. The summed E-state index contributed by atoms with van der Waals surface area (Å²) in [5.41, 5.74) is -0.825. The number of alkyl halides is 3. The second kappa shape index (κ2) is 7.44. The molecule has 0 radical (unpaired) electrons. The largest absolute Gasteiger partial charge is 0.451 e. The monoisotopic (exact) mass is 372 g/mol. The fourth-order valence-corrected chi connectivity index (χ4v) is 5.31. The van der Waals surface area contributed by atoms with Crippen LogP contribution in [0.15, 0.2) is 0 Å². The van der Waals surface area contributed by atoms with Gasteiger partial charge in [-0.1, -0.05) is 17.7 Å². The SMILES string of the molecule is CC1CC2CC(C1)CC(C)(C(=O)OC(CSSO)C(F)(F)F)C2. The first-order valence-corrected chi connectivity index (χ1v) is 10.1. The molecule has 0 aromatic rings. The summed E-state index contributed by atoms with van der Waals surface area (Å²) in [6.07, 6.45) is -2.41. The number of hydrogen-bond acceptors (Lipinski definition) is 5. The normalized spacial score (nSPS) is 35.7. The highest BCUT2D eigenvalue weighted by Crippen LogP contribution is 2.51. The van der Waals surface area contributed by atoms with E-state index in [0.717, 1.165) is 19.3 Å². The fourth-order valence-electron chi connectivity index (χ4n) is 4.31. The number of rotatable bonds is 5. The van der Waals surface area contributed by atoms with E-state index in [9.17, 15) is 18.0 Å². The maximum atomic E-state index is 13.0. The van der Waals surface area contributed by atoms with Gasteiger partial charge in [-0.2, -0.15) is 13.2 Å². The Hall–Kier alpha value is -0.0800. The zero-order valence-corrected chi connectivity index (χ0v) is 14.9. The average Bonchev–Trinajstić information content (AvgIpc) is 2.40. The number of fused-ring (bicyclic) bond motifs is 2. The Morgan fingerprint density at radius 1 is 1.30 bits per heavy atom. The van der Waals surface area contributed by atoms with Crippen LogP contribution in [-0.2, 0) is 9.53 Å². The van der Waals surface area contributed by atoms with Gasteiger partial charge in [0.1, 0.15) is 0 Å². The Labute approximate surface area is 142 Å². The molecule has 2 aliphatic rings. The first-order valence-electron chi connectivity index (χ1n) is 7.85. The predicted octanol–water partition coefficient (Wildman–Crippen LogP) is 5.17. The molecular weight excluding hydrogens is 349 g/mol. The Morgan fingerprint density at radius 3 is 2.35 bits per heavy atom. The van der Waals surface area contributed by atoms with Crippen molar-refractivity contribution in [2.24, 2.45) is 23.2 Å². The summed E-state index contributed by atoms with van der Waals surface area (Å²) in [6, 6.07) is 0. The molecule has 1 N–H and O–H groups in total. The first-order chi connectivity index (χ1) is 10.6. The van der Waals surface area contributed by atoms with Gasteiger partial charge in [0.05, 0.1) is 22.2 Å². The molecule has 0 spiro atoms. The van der Waals surface area contributed by atoms with Gasteiger partial charge in [0.15, 0.2) is 0 Å². The van der Waals surface area contributed by atoms with Crippen LogP contribution in [0.2, 0.25) is 0 Å². The molecule has 2 aliphatic carbocycles. The predicted molar refractivity (Wildman–Crippen MR) is 85.9 cm³/mol. The van der Waals surface area contributed by atoms with Crippen molar-refractivity contribution in [1.82, 2.24) is 0 Å². The third-order valence-corrected chi connectivity index (χ3v) is 6.26. The van der Waals surface area contributed by atoms with Gasteiger partial charge in [-0.3, -0.25) is 4.79 Å². The van der Waals surface area contributed by atoms with Gasteiger partial charge < -0.3 is 9.29 Å². The van der Waals surface area contributed by atoms with Crippen LogP contribution in [0, 0.1) is 23.2 Å². The molecule has 0 aromatic heterocycles. The van der Waals surface area contributed by atoms with E-state index in [1.165, 1.54) is 0 Å². The molecule has 134 valence electrons. The van der Waals surface area contributed by atoms with Gasteiger partial charge in [-0.15, -0.1) is 0 Å². The summed E-state index contributed by atoms with van der Waals surface area (Å²) in [5, 5.41) is 0. The lowest BCUT2D eigenvalue weighted by atomic mass is 9.59. The molecule has 2 bridgehead atoms. The number of halogens is 3. The molecule has 2 saturated carbocycles. The van der Waals surface area contributed by atoms with Crippen molar-refractivity contribution >= 4 is 27.8 Å². The lowest BCUT2D eigenvalue weighted by Gasteiger charge is -2.46. The van der Waals surface area contributed by atoms with E-state index in [2.05, 4.69) is 6.92 Å². The van der Waals surface area contributed by atoms with E-state index < -0.39 is 29.4 Å². The second-order valence-electron chi connectivity index (χ2n) is 7.31. The number of ether oxygens (including phenoxy) is 1. The number of carbonyl (C=O) groups excluding carboxylic acids is 1. The summed E-state index contributed by atoms with van der Waals surface area (Å²) in [4.78, 5) is 12.5. The van der Waals surface area contributed by atoms with E-state index in [4.69, 9.17) is 9.29 Å². The van der Waals surface area contributed by atoms with E-state index in [0.29, 0.717) is 41.4 Å². The Balaban J connectivity index is 2.03. The zero-order valence-electron chi connectivity index (χ0n) is 13.3. The zero-order chi connectivity index (χ0) is 17.3. The van der Waals surface area contributed by atoms with E-state index in [1.54, 1.807) is 6.92 Å².